The monoisotopic (exact) mass is 320 g/mol. The van der Waals surface area contributed by atoms with Gasteiger partial charge in [0.05, 0.1) is 5.69 Å². The molecule has 4 nitrogen and oxygen atoms in total. The predicted octanol–water partition coefficient (Wildman–Crippen LogP) is 4.00. The standard InChI is InChI=1S/C15H14Cl2N4/c1-10-8-14-15(19-6-7-21(14)20-10)18-5-4-11-2-3-12(16)9-13(11)17/h2-3,6-9H,4-5H2,1H3,(H,18,19). The lowest BCUT2D eigenvalue weighted by molar-refractivity contribution is 0.917. The third-order valence-electron chi connectivity index (χ3n) is 3.21. The first-order valence-electron chi connectivity index (χ1n) is 6.62. The molecule has 0 atom stereocenters. The summed E-state index contributed by atoms with van der Waals surface area (Å²) in [7, 11) is 0. The van der Waals surface area contributed by atoms with E-state index in [0.29, 0.717) is 10.0 Å². The second-order valence-corrected chi connectivity index (χ2v) is 5.65. The number of nitrogens with one attached hydrogen (secondary N) is 1. The summed E-state index contributed by atoms with van der Waals surface area (Å²) in [5.74, 6) is 0.822. The Balaban J connectivity index is 1.72. The Hall–Kier alpha value is -1.78. The summed E-state index contributed by atoms with van der Waals surface area (Å²) in [4.78, 5) is 4.36. The molecule has 108 valence electrons. The summed E-state index contributed by atoms with van der Waals surface area (Å²) in [5.41, 5.74) is 2.99. The van der Waals surface area contributed by atoms with Crippen LogP contribution in [0.25, 0.3) is 5.52 Å². The lowest BCUT2D eigenvalue weighted by atomic mass is 10.1. The van der Waals surface area contributed by atoms with Crippen LogP contribution >= 0.6 is 23.2 Å². The first-order valence-corrected chi connectivity index (χ1v) is 7.38. The number of hydrogen-bond donors (Lipinski definition) is 1. The van der Waals surface area contributed by atoms with Gasteiger partial charge in [0.25, 0.3) is 0 Å². The highest BCUT2D eigenvalue weighted by atomic mass is 35.5. The van der Waals surface area contributed by atoms with Crippen LogP contribution in [0, 0.1) is 6.92 Å². The van der Waals surface area contributed by atoms with Crippen LogP contribution in [0.15, 0.2) is 36.7 Å². The molecule has 0 aliphatic rings. The zero-order valence-electron chi connectivity index (χ0n) is 11.5. The number of rotatable bonds is 4. The van der Waals surface area contributed by atoms with Crippen molar-refractivity contribution >= 4 is 34.5 Å². The first-order chi connectivity index (χ1) is 10.1. The first kappa shape index (κ1) is 14.2. The number of benzene rings is 1. The molecule has 0 spiro atoms. The van der Waals surface area contributed by atoms with E-state index in [-0.39, 0.29) is 0 Å². The molecule has 6 heteroatoms. The molecule has 0 saturated carbocycles. The molecular formula is C15H14Cl2N4. The van der Waals surface area contributed by atoms with Crippen LogP contribution in [0.1, 0.15) is 11.3 Å². The molecule has 0 aliphatic carbocycles. The van der Waals surface area contributed by atoms with Crippen LogP contribution < -0.4 is 5.32 Å². The molecule has 1 N–H and O–H groups in total. The van der Waals surface area contributed by atoms with Gasteiger partial charge in [0.1, 0.15) is 5.52 Å². The normalized spacial score (nSPS) is 11.0. The van der Waals surface area contributed by atoms with Crippen molar-refractivity contribution in [3.05, 3.63) is 58.0 Å². The number of nitrogens with zero attached hydrogens (tertiary/aromatic N) is 3. The number of anilines is 1. The lowest BCUT2D eigenvalue weighted by Crippen LogP contribution is -2.08. The zero-order chi connectivity index (χ0) is 14.8. The summed E-state index contributed by atoms with van der Waals surface area (Å²) in [6.45, 7) is 2.70. The molecule has 0 bridgehead atoms. The van der Waals surface area contributed by atoms with E-state index in [4.69, 9.17) is 23.2 Å². The molecule has 0 saturated heterocycles. The maximum Gasteiger partial charge on any atom is 0.152 e. The van der Waals surface area contributed by atoms with Gasteiger partial charge >= 0.3 is 0 Å². The topological polar surface area (TPSA) is 42.2 Å². The van der Waals surface area contributed by atoms with Crippen LogP contribution in [0.3, 0.4) is 0 Å². The summed E-state index contributed by atoms with van der Waals surface area (Å²) in [6, 6.07) is 7.56. The van der Waals surface area contributed by atoms with Crippen molar-refractivity contribution in [1.82, 2.24) is 14.6 Å². The van der Waals surface area contributed by atoms with E-state index in [2.05, 4.69) is 15.4 Å². The van der Waals surface area contributed by atoms with E-state index in [1.54, 1.807) is 12.3 Å². The van der Waals surface area contributed by atoms with Crippen molar-refractivity contribution in [1.29, 1.82) is 0 Å². The molecular weight excluding hydrogens is 307 g/mol. The van der Waals surface area contributed by atoms with Crippen LogP contribution in [0.2, 0.25) is 10.0 Å². The lowest BCUT2D eigenvalue weighted by Gasteiger charge is -2.08. The Kier molecular flexibility index (Phi) is 3.99. The van der Waals surface area contributed by atoms with Crippen LogP contribution in [-0.2, 0) is 6.42 Å². The molecule has 0 amide bonds. The van der Waals surface area contributed by atoms with Gasteiger partial charge in [-0.25, -0.2) is 9.50 Å². The fourth-order valence-corrected chi connectivity index (χ4v) is 2.72. The quantitative estimate of drug-likeness (QED) is 0.790. The second kappa shape index (κ2) is 5.92. The number of aryl methyl sites for hydroxylation is 1. The average Bonchev–Trinajstić information content (AvgIpc) is 2.82. The van der Waals surface area contributed by atoms with Crippen molar-refractivity contribution in [2.75, 3.05) is 11.9 Å². The fraction of sp³-hybridized carbons (Fsp3) is 0.200. The minimum atomic E-state index is 0.651. The van der Waals surface area contributed by atoms with E-state index >= 15 is 0 Å². The van der Waals surface area contributed by atoms with Crippen molar-refractivity contribution in [3.8, 4) is 0 Å². The minimum absolute atomic E-state index is 0.651. The van der Waals surface area contributed by atoms with Gasteiger partial charge in [-0.2, -0.15) is 5.10 Å². The Morgan fingerprint density at radius 2 is 2.10 bits per heavy atom. The number of aromatic nitrogens is 3. The molecule has 3 rings (SSSR count). The third-order valence-corrected chi connectivity index (χ3v) is 3.80. The number of hydrogen-bond acceptors (Lipinski definition) is 3. The van der Waals surface area contributed by atoms with E-state index in [0.717, 1.165) is 35.6 Å². The highest BCUT2D eigenvalue weighted by molar-refractivity contribution is 6.35. The Morgan fingerprint density at radius 1 is 1.24 bits per heavy atom. The molecule has 0 radical (unpaired) electrons. The van der Waals surface area contributed by atoms with E-state index < -0.39 is 0 Å². The number of halogens is 2. The molecule has 2 aromatic heterocycles. The molecule has 0 fully saturated rings. The molecule has 3 aromatic rings. The Labute approximate surface area is 132 Å². The summed E-state index contributed by atoms with van der Waals surface area (Å²) >= 11 is 12.1. The predicted molar refractivity (Wildman–Crippen MR) is 86.4 cm³/mol. The van der Waals surface area contributed by atoms with Gasteiger partial charge in [-0.15, -0.1) is 0 Å². The largest absolute Gasteiger partial charge is 0.368 e. The Bertz CT molecular complexity index is 782. The van der Waals surface area contributed by atoms with Gasteiger partial charge in [0, 0.05) is 29.0 Å². The van der Waals surface area contributed by atoms with E-state index in [1.807, 2.05) is 35.8 Å². The van der Waals surface area contributed by atoms with Gasteiger partial charge in [-0.1, -0.05) is 29.3 Å². The summed E-state index contributed by atoms with van der Waals surface area (Å²) in [5, 5.41) is 9.03. The zero-order valence-corrected chi connectivity index (χ0v) is 13.0. The van der Waals surface area contributed by atoms with Gasteiger partial charge in [0.2, 0.25) is 0 Å². The smallest absolute Gasteiger partial charge is 0.152 e. The molecule has 0 unspecified atom stereocenters. The second-order valence-electron chi connectivity index (χ2n) is 4.80. The fourth-order valence-electron chi connectivity index (χ4n) is 2.22. The van der Waals surface area contributed by atoms with Crippen LogP contribution in [0.4, 0.5) is 5.82 Å². The van der Waals surface area contributed by atoms with E-state index in [9.17, 15) is 0 Å². The summed E-state index contributed by atoms with van der Waals surface area (Å²) < 4.78 is 1.82. The van der Waals surface area contributed by atoms with Gasteiger partial charge in [-0.3, -0.25) is 0 Å². The van der Waals surface area contributed by atoms with Gasteiger partial charge in [0.15, 0.2) is 5.82 Å². The SMILES string of the molecule is Cc1cc2c(NCCc3ccc(Cl)cc3Cl)nccn2n1. The van der Waals surface area contributed by atoms with Crippen molar-refractivity contribution in [2.24, 2.45) is 0 Å². The highest BCUT2D eigenvalue weighted by Gasteiger charge is 2.06. The van der Waals surface area contributed by atoms with E-state index in [1.165, 1.54) is 0 Å². The third kappa shape index (κ3) is 3.12. The highest BCUT2D eigenvalue weighted by Crippen LogP contribution is 2.21. The van der Waals surface area contributed by atoms with Crippen molar-refractivity contribution in [3.63, 3.8) is 0 Å². The maximum absolute atomic E-state index is 6.17. The van der Waals surface area contributed by atoms with Crippen molar-refractivity contribution < 1.29 is 0 Å². The average molecular weight is 321 g/mol. The summed E-state index contributed by atoms with van der Waals surface area (Å²) in [6.07, 6.45) is 4.37. The molecule has 0 aliphatic heterocycles. The molecule has 1 aromatic carbocycles. The van der Waals surface area contributed by atoms with Crippen LogP contribution in [-0.4, -0.2) is 21.1 Å². The van der Waals surface area contributed by atoms with Crippen LogP contribution in [0.5, 0.6) is 0 Å². The Morgan fingerprint density at radius 3 is 2.90 bits per heavy atom. The maximum atomic E-state index is 6.17. The molecule has 21 heavy (non-hydrogen) atoms. The van der Waals surface area contributed by atoms with Gasteiger partial charge in [-0.05, 0) is 37.1 Å². The number of fused-ring (bicyclic) bond motifs is 1. The minimum Gasteiger partial charge on any atom is -0.368 e. The van der Waals surface area contributed by atoms with Crippen molar-refractivity contribution in [2.45, 2.75) is 13.3 Å². The van der Waals surface area contributed by atoms with Gasteiger partial charge < -0.3 is 5.32 Å². The molecule has 2 heterocycles.